The molecule has 0 heterocycles. The van der Waals surface area contributed by atoms with Gasteiger partial charge in [0.05, 0.1) is 11.5 Å². The van der Waals surface area contributed by atoms with Crippen LogP contribution >= 0.6 is 0 Å². The number of amides is 2. The molecule has 0 fully saturated rings. The summed E-state index contributed by atoms with van der Waals surface area (Å²) in [6.45, 7) is -0.638. The summed E-state index contributed by atoms with van der Waals surface area (Å²) in [5, 5.41) is 12.2. The van der Waals surface area contributed by atoms with Gasteiger partial charge in [0.1, 0.15) is 11.4 Å². The van der Waals surface area contributed by atoms with Gasteiger partial charge in [0.25, 0.3) is 5.91 Å². The molecule has 0 aromatic heterocycles. The summed E-state index contributed by atoms with van der Waals surface area (Å²) < 4.78 is 26.7. The van der Waals surface area contributed by atoms with Gasteiger partial charge >= 0.3 is 5.69 Å². The van der Waals surface area contributed by atoms with E-state index >= 15 is 0 Å². The molecule has 0 saturated heterocycles. The highest BCUT2D eigenvalue weighted by Crippen LogP contribution is 2.22. The van der Waals surface area contributed by atoms with Crippen LogP contribution in [0.15, 0.2) is 12.1 Å². The number of nitrogens with zero attached hydrogens (tertiary/aromatic N) is 1. The Labute approximate surface area is 98.7 Å². The second-order valence-corrected chi connectivity index (χ2v) is 3.16. The van der Waals surface area contributed by atoms with Gasteiger partial charge in [-0.05, 0) is 6.07 Å². The first-order valence-electron chi connectivity index (χ1n) is 4.53. The molecule has 0 aliphatic rings. The van der Waals surface area contributed by atoms with E-state index in [9.17, 15) is 28.5 Å². The molecule has 0 aliphatic heterocycles. The third kappa shape index (κ3) is 2.75. The largest absolute Gasteiger partial charge is 0.368 e. The lowest BCUT2D eigenvalue weighted by Crippen LogP contribution is -2.34. The van der Waals surface area contributed by atoms with Crippen LogP contribution in [0.3, 0.4) is 0 Å². The van der Waals surface area contributed by atoms with Crippen LogP contribution in [-0.2, 0) is 4.79 Å². The summed E-state index contributed by atoms with van der Waals surface area (Å²) in [5.74, 6) is -5.11. The lowest BCUT2D eigenvalue weighted by Gasteiger charge is -2.05. The smallest absolute Gasteiger partial charge is 0.305 e. The van der Waals surface area contributed by atoms with Gasteiger partial charge in [0, 0.05) is 6.07 Å². The minimum Gasteiger partial charge on any atom is -0.368 e. The fourth-order valence-electron chi connectivity index (χ4n) is 1.15. The molecular weight excluding hydrogens is 252 g/mol. The standard InChI is InChI=1S/C9H7F2N3O4/c10-4-1-2-5(14(17)18)8(11)7(4)9(16)13-3-6(12)15/h1-2H,3H2,(H2,12,15)(H,13,16). The predicted octanol–water partition coefficient (Wildman–Crippen LogP) is 0.0881. The third-order valence-corrected chi connectivity index (χ3v) is 1.92. The van der Waals surface area contributed by atoms with Crippen LogP contribution in [0, 0.1) is 21.7 Å². The van der Waals surface area contributed by atoms with Crippen molar-refractivity contribution in [3.8, 4) is 0 Å². The number of carbonyl (C=O) groups excluding carboxylic acids is 2. The minimum absolute atomic E-state index is 0.584. The maximum absolute atomic E-state index is 13.5. The van der Waals surface area contributed by atoms with Gasteiger partial charge in [0.15, 0.2) is 0 Å². The number of hydrogen-bond acceptors (Lipinski definition) is 4. The second-order valence-electron chi connectivity index (χ2n) is 3.16. The van der Waals surface area contributed by atoms with E-state index in [2.05, 4.69) is 0 Å². The third-order valence-electron chi connectivity index (χ3n) is 1.92. The molecule has 0 spiro atoms. The molecule has 1 aromatic rings. The molecule has 1 aromatic carbocycles. The van der Waals surface area contributed by atoms with Gasteiger partial charge in [-0.15, -0.1) is 0 Å². The first-order chi connectivity index (χ1) is 8.34. The zero-order chi connectivity index (χ0) is 13.9. The van der Waals surface area contributed by atoms with Crippen molar-refractivity contribution in [1.82, 2.24) is 5.32 Å². The van der Waals surface area contributed by atoms with Gasteiger partial charge in [0.2, 0.25) is 11.7 Å². The lowest BCUT2D eigenvalue weighted by atomic mass is 10.1. The number of nitro benzene ring substituents is 1. The summed E-state index contributed by atoms with van der Waals surface area (Å²) in [6, 6.07) is 1.18. The molecule has 9 heteroatoms. The van der Waals surface area contributed by atoms with Crippen molar-refractivity contribution in [2.24, 2.45) is 5.73 Å². The number of nitrogens with one attached hydrogen (secondary N) is 1. The summed E-state index contributed by atoms with van der Waals surface area (Å²) in [5.41, 5.74) is 2.55. The summed E-state index contributed by atoms with van der Waals surface area (Å²) in [6.07, 6.45) is 0. The number of nitrogens with two attached hydrogens (primary N) is 1. The molecular formula is C9H7F2N3O4. The molecule has 7 nitrogen and oxygen atoms in total. The molecule has 3 N–H and O–H groups in total. The highest BCUT2D eigenvalue weighted by molar-refractivity contribution is 5.97. The van der Waals surface area contributed by atoms with Crippen molar-refractivity contribution in [2.75, 3.05) is 6.54 Å². The van der Waals surface area contributed by atoms with Gasteiger partial charge in [-0.2, -0.15) is 4.39 Å². The number of rotatable bonds is 4. The molecule has 0 saturated carbocycles. The van der Waals surface area contributed by atoms with Crippen molar-refractivity contribution in [3.63, 3.8) is 0 Å². The predicted molar refractivity (Wildman–Crippen MR) is 54.5 cm³/mol. The fraction of sp³-hybridized carbons (Fsp3) is 0.111. The number of benzene rings is 1. The molecule has 0 atom stereocenters. The Hall–Kier alpha value is -2.58. The van der Waals surface area contributed by atoms with Crippen LogP contribution in [-0.4, -0.2) is 23.3 Å². The van der Waals surface area contributed by atoms with Gasteiger partial charge in [-0.3, -0.25) is 19.7 Å². The average molecular weight is 259 g/mol. The molecule has 96 valence electrons. The second kappa shape index (κ2) is 5.17. The van der Waals surface area contributed by atoms with Crippen molar-refractivity contribution < 1.29 is 23.3 Å². The summed E-state index contributed by atoms with van der Waals surface area (Å²) in [4.78, 5) is 31.0. The monoisotopic (exact) mass is 259 g/mol. The SMILES string of the molecule is NC(=O)CNC(=O)c1c(F)ccc([N+](=O)[O-])c1F. The molecule has 18 heavy (non-hydrogen) atoms. The number of hydrogen-bond donors (Lipinski definition) is 2. The van der Waals surface area contributed by atoms with Crippen LogP contribution in [0.25, 0.3) is 0 Å². The van der Waals surface area contributed by atoms with E-state index in [0.29, 0.717) is 12.1 Å². The zero-order valence-electron chi connectivity index (χ0n) is 8.78. The summed E-state index contributed by atoms with van der Waals surface area (Å²) >= 11 is 0. The Morgan fingerprint density at radius 3 is 2.50 bits per heavy atom. The molecule has 2 amide bonds. The van der Waals surface area contributed by atoms with E-state index in [1.807, 2.05) is 5.32 Å². The Balaban J connectivity index is 3.14. The number of primary amides is 1. The van der Waals surface area contributed by atoms with E-state index in [-0.39, 0.29) is 0 Å². The van der Waals surface area contributed by atoms with Crippen LogP contribution in [0.2, 0.25) is 0 Å². The molecule has 0 aliphatic carbocycles. The number of nitro groups is 1. The van der Waals surface area contributed by atoms with Gasteiger partial charge in [-0.1, -0.05) is 0 Å². The first kappa shape index (κ1) is 13.5. The van der Waals surface area contributed by atoms with Gasteiger partial charge < -0.3 is 11.1 Å². The van der Waals surface area contributed by atoms with Crippen LogP contribution in [0.4, 0.5) is 14.5 Å². The van der Waals surface area contributed by atoms with Crippen LogP contribution < -0.4 is 11.1 Å². The maximum atomic E-state index is 13.5. The fourth-order valence-corrected chi connectivity index (χ4v) is 1.15. The lowest BCUT2D eigenvalue weighted by molar-refractivity contribution is -0.387. The van der Waals surface area contributed by atoms with E-state index in [1.54, 1.807) is 0 Å². The topological polar surface area (TPSA) is 115 Å². The maximum Gasteiger partial charge on any atom is 0.305 e. The first-order valence-corrected chi connectivity index (χ1v) is 4.53. The Kier molecular flexibility index (Phi) is 3.87. The molecule has 0 bridgehead atoms. The van der Waals surface area contributed by atoms with E-state index < -0.39 is 46.2 Å². The minimum atomic E-state index is -1.61. The number of halogens is 2. The molecule has 0 radical (unpaired) electrons. The van der Waals surface area contributed by atoms with Crippen molar-refractivity contribution in [1.29, 1.82) is 0 Å². The van der Waals surface area contributed by atoms with Gasteiger partial charge in [-0.25, -0.2) is 4.39 Å². The van der Waals surface area contributed by atoms with E-state index in [4.69, 9.17) is 5.73 Å². The Bertz CT molecular complexity index is 533. The van der Waals surface area contributed by atoms with Crippen LogP contribution in [0.1, 0.15) is 10.4 Å². The Morgan fingerprint density at radius 1 is 1.39 bits per heavy atom. The van der Waals surface area contributed by atoms with Crippen LogP contribution in [0.5, 0.6) is 0 Å². The van der Waals surface area contributed by atoms with Crippen molar-refractivity contribution >= 4 is 17.5 Å². The Morgan fingerprint density at radius 2 is 2.00 bits per heavy atom. The van der Waals surface area contributed by atoms with Crippen molar-refractivity contribution in [2.45, 2.75) is 0 Å². The normalized spacial score (nSPS) is 9.89. The molecule has 0 unspecified atom stereocenters. The zero-order valence-corrected chi connectivity index (χ0v) is 8.78. The summed E-state index contributed by atoms with van der Waals surface area (Å²) in [7, 11) is 0. The highest BCUT2D eigenvalue weighted by atomic mass is 19.1. The quantitative estimate of drug-likeness (QED) is 0.588. The molecule has 1 rings (SSSR count). The van der Waals surface area contributed by atoms with E-state index in [1.165, 1.54) is 0 Å². The number of carbonyl (C=O) groups is 2. The average Bonchev–Trinajstić information content (AvgIpc) is 2.25. The highest BCUT2D eigenvalue weighted by Gasteiger charge is 2.26. The van der Waals surface area contributed by atoms with E-state index in [0.717, 1.165) is 0 Å². The van der Waals surface area contributed by atoms with Crippen molar-refractivity contribution in [3.05, 3.63) is 39.4 Å².